The monoisotopic (exact) mass is 254 g/mol. The minimum atomic E-state index is -0.159. The summed E-state index contributed by atoms with van der Waals surface area (Å²) in [6.07, 6.45) is 1.80. The summed E-state index contributed by atoms with van der Waals surface area (Å²) in [4.78, 5) is 4.43. The second kappa shape index (κ2) is 4.52. The molecule has 0 amide bonds. The lowest BCUT2D eigenvalue weighted by molar-refractivity contribution is 0.826. The van der Waals surface area contributed by atoms with E-state index in [1.165, 1.54) is 10.1 Å². The summed E-state index contributed by atoms with van der Waals surface area (Å²) >= 11 is 1.74. The Kier molecular flexibility index (Phi) is 2.86. The third-order valence-corrected chi connectivity index (χ3v) is 4.17. The Morgan fingerprint density at radius 1 is 1.17 bits per heavy atom. The zero-order valence-electron chi connectivity index (χ0n) is 10.1. The van der Waals surface area contributed by atoms with E-state index in [2.05, 4.69) is 47.6 Å². The molecule has 3 heteroatoms. The molecule has 0 radical (unpaired) electrons. The fourth-order valence-corrected chi connectivity index (χ4v) is 3.19. The van der Waals surface area contributed by atoms with Gasteiger partial charge < -0.3 is 5.73 Å². The van der Waals surface area contributed by atoms with Gasteiger partial charge in [0.25, 0.3) is 0 Å². The van der Waals surface area contributed by atoms with Crippen LogP contribution in [0, 0.1) is 6.92 Å². The number of thiophene rings is 1. The molecule has 0 saturated heterocycles. The lowest BCUT2D eigenvalue weighted by Crippen LogP contribution is -2.14. The molecule has 0 spiro atoms. The number of fused-ring (bicyclic) bond motifs is 1. The molecule has 3 aromatic rings. The highest BCUT2D eigenvalue weighted by Crippen LogP contribution is 2.31. The molecule has 0 fully saturated rings. The molecule has 90 valence electrons. The number of nitrogens with zero attached hydrogens (tertiary/aromatic N) is 1. The number of pyridine rings is 1. The number of rotatable bonds is 2. The van der Waals surface area contributed by atoms with Crippen LogP contribution in [0.25, 0.3) is 10.1 Å². The Hall–Kier alpha value is -1.71. The van der Waals surface area contributed by atoms with Crippen molar-refractivity contribution in [2.45, 2.75) is 13.0 Å². The van der Waals surface area contributed by atoms with Gasteiger partial charge in [-0.1, -0.05) is 24.3 Å². The van der Waals surface area contributed by atoms with Crippen molar-refractivity contribution < 1.29 is 0 Å². The smallest absolute Gasteiger partial charge is 0.0743 e. The van der Waals surface area contributed by atoms with Crippen LogP contribution >= 0.6 is 11.3 Å². The van der Waals surface area contributed by atoms with Gasteiger partial charge in [-0.05, 0) is 40.9 Å². The molecule has 0 aliphatic carbocycles. The quantitative estimate of drug-likeness (QED) is 0.758. The first-order valence-corrected chi connectivity index (χ1v) is 6.78. The fraction of sp³-hybridized carbons (Fsp3) is 0.133. The standard InChI is InChI=1S/C15H14N2S/c1-10-4-3-8-17-14(10)13(16)12-6-2-5-11-7-9-18-15(11)12/h2-9,13H,16H2,1H3. The maximum absolute atomic E-state index is 6.39. The number of aromatic nitrogens is 1. The van der Waals surface area contributed by atoms with Crippen LogP contribution in [0.4, 0.5) is 0 Å². The molecule has 1 atom stereocenters. The summed E-state index contributed by atoms with van der Waals surface area (Å²) in [6, 6.07) is 12.2. The lowest BCUT2D eigenvalue weighted by Gasteiger charge is -2.14. The van der Waals surface area contributed by atoms with Gasteiger partial charge in [-0.2, -0.15) is 0 Å². The summed E-state index contributed by atoms with van der Waals surface area (Å²) < 4.78 is 1.26. The van der Waals surface area contributed by atoms with Crippen LogP contribution in [-0.4, -0.2) is 4.98 Å². The summed E-state index contributed by atoms with van der Waals surface area (Å²) in [5.74, 6) is 0. The van der Waals surface area contributed by atoms with Crippen molar-refractivity contribution >= 4 is 21.4 Å². The van der Waals surface area contributed by atoms with Gasteiger partial charge >= 0.3 is 0 Å². The van der Waals surface area contributed by atoms with E-state index in [4.69, 9.17) is 5.73 Å². The van der Waals surface area contributed by atoms with Gasteiger partial charge in [-0.25, -0.2) is 0 Å². The van der Waals surface area contributed by atoms with Crippen LogP contribution in [0.2, 0.25) is 0 Å². The highest BCUT2D eigenvalue weighted by molar-refractivity contribution is 7.17. The summed E-state index contributed by atoms with van der Waals surface area (Å²) in [5.41, 5.74) is 9.64. The van der Waals surface area contributed by atoms with E-state index in [1.54, 1.807) is 17.5 Å². The van der Waals surface area contributed by atoms with Crippen LogP contribution in [-0.2, 0) is 0 Å². The molecule has 2 heterocycles. The molecule has 0 aliphatic rings. The maximum Gasteiger partial charge on any atom is 0.0743 e. The first kappa shape index (κ1) is 11.4. The van der Waals surface area contributed by atoms with E-state index in [0.717, 1.165) is 16.8 Å². The number of hydrogen-bond acceptors (Lipinski definition) is 3. The van der Waals surface area contributed by atoms with Crippen molar-refractivity contribution in [3.8, 4) is 0 Å². The van der Waals surface area contributed by atoms with Gasteiger partial charge in [-0.3, -0.25) is 4.98 Å². The molecule has 1 aromatic carbocycles. The molecular weight excluding hydrogens is 240 g/mol. The third-order valence-electron chi connectivity index (χ3n) is 3.19. The van der Waals surface area contributed by atoms with Crippen molar-refractivity contribution in [1.82, 2.24) is 4.98 Å². The van der Waals surface area contributed by atoms with Crippen LogP contribution in [0.15, 0.2) is 48.0 Å². The van der Waals surface area contributed by atoms with Crippen LogP contribution in [0.1, 0.15) is 22.9 Å². The van der Waals surface area contributed by atoms with Crippen LogP contribution in [0.3, 0.4) is 0 Å². The lowest BCUT2D eigenvalue weighted by atomic mass is 10.00. The Morgan fingerprint density at radius 2 is 2.06 bits per heavy atom. The van der Waals surface area contributed by atoms with Gasteiger partial charge in [0.1, 0.15) is 0 Å². The number of aryl methyl sites for hydroxylation is 1. The highest BCUT2D eigenvalue weighted by atomic mass is 32.1. The van der Waals surface area contributed by atoms with Gasteiger partial charge in [0.2, 0.25) is 0 Å². The summed E-state index contributed by atoms with van der Waals surface area (Å²) in [7, 11) is 0. The van der Waals surface area contributed by atoms with Gasteiger partial charge in [0.05, 0.1) is 11.7 Å². The Balaban J connectivity index is 2.15. The van der Waals surface area contributed by atoms with E-state index in [0.29, 0.717) is 0 Å². The van der Waals surface area contributed by atoms with Gasteiger partial charge in [-0.15, -0.1) is 11.3 Å². The molecule has 3 rings (SSSR count). The predicted octanol–water partition coefficient (Wildman–Crippen LogP) is 3.65. The van der Waals surface area contributed by atoms with Crippen molar-refractivity contribution in [1.29, 1.82) is 0 Å². The summed E-state index contributed by atoms with van der Waals surface area (Å²) in [6.45, 7) is 2.05. The maximum atomic E-state index is 6.39. The normalized spacial score (nSPS) is 12.8. The largest absolute Gasteiger partial charge is 0.319 e. The Morgan fingerprint density at radius 3 is 2.89 bits per heavy atom. The van der Waals surface area contributed by atoms with E-state index < -0.39 is 0 Å². The minimum absolute atomic E-state index is 0.159. The second-order valence-corrected chi connectivity index (χ2v) is 5.29. The topological polar surface area (TPSA) is 38.9 Å². The van der Waals surface area contributed by atoms with E-state index >= 15 is 0 Å². The molecule has 2 N–H and O–H groups in total. The average molecular weight is 254 g/mol. The molecule has 0 bridgehead atoms. The second-order valence-electron chi connectivity index (χ2n) is 4.37. The van der Waals surface area contributed by atoms with E-state index in [1.807, 2.05) is 6.07 Å². The first-order chi connectivity index (χ1) is 8.77. The number of benzene rings is 1. The molecule has 1 unspecified atom stereocenters. The fourth-order valence-electron chi connectivity index (χ4n) is 2.23. The van der Waals surface area contributed by atoms with Crippen LogP contribution in [0.5, 0.6) is 0 Å². The predicted molar refractivity (Wildman–Crippen MR) is 76.8 cm³/mol. The first-order valence-electron chi connectivity index (χ1n) is 5.90. The SMILES string of the molecule is Cc1cccnc1C(N)c1cccc2ccsc12. The molecule has 0 saturated carbocycles. The molecular formula is C15H14N2S. The van der Waals surface area contributed by atoms with Gasteiger partial charge in [0, 0.05) is 10.9 Å². The zero-order chi connectivity index (χ0) is 12.5. The van der Waals surface area contributed by atoms with Crippen molar-refractivity contribution in [2.24, 2.45) is 5.73 Å². The average Bonchev–Trinajstić information content (AvgIpc) is 2.86. The zero-order valence-corrected chi connectivity index (χ0v) is 10.9. The minimum Gasteiger partial charge on any atom is -0.319 e. The number of hydrogen-bond donors (Lipinski definition) is 1. The molecule has 2 nitrogen and oxygen atoms in total. The van der Waals surface area contributed by atoms with E-state index in [-0.39, 0.29) is 6.04 Å². The molecule has 0 aliphatic heterocycles. The highest BCUT2D eigenvalue weighted by Gasteiger charge is 2.15. The van der Waals surface area contributed by atoms with Crippen molar-refractivity contribution in [3.63, 3.8) is 0 Å². The molecule has 18 heavy (non-hydrogen) atoms. The van der Waals surface area contributed by atoms with Crippen molar-refractivity contribution in [2.75, 3.05) is 0 Å². The summed E-state index contributed by atoms with van der Waals surface area (Å²) in [5, 5.41) is 3.35. The Bertz CT molecular complexity index is 688. The third kappa shape index (κ3) is 1.82. The Labute approximate surface area is 110 Å². The van der Waals surface area contributed by atoms with E-state index in [9.17, 15) is 0 Å². The molecule has 2 aromatic heterocycles. The van der Waals surface area contributed by atoms with Gasteiger partial charge in [0.15, 0.2) is 0 Å². The number of nitrogens with two attached hydrogens (primary N) is 1. The van der Waals surface area contributed by atoms with Crippen LogP contribution < -0.4 is 5.73 Å². The van der Waals surface area contributed by atoms with Crippen molar-refractivity contribution in [3.05, 3.63) is 64.8 Å².